The van der Waals surface area contributed by atoms with Crippen LogP contribution in [0.1, 0.15) is 24.3 Å². The molecular formula is C9H12N2O3. The molecule has 1 amide bonds. The van der Waals surface area contributed by atoms with E-state index in [0.29, 0.717) is 0 Å². The van der Waals surface area contributed by atoms with E-state index in [0.717, 1.165) is 6.07 Å². The molecule has 0 atom stereocenters. The third kappa shape index (κ3) is 2.35. The lowest BCUT2D eigenvalue weighted by Gasteiger charge is -2.08. The molecule has 1 aromatic rings. The average molecular weight is 196 g/mol. The molecule has 0 aliphatic rings. The van der Waals surface area contributed by atoms with Gasteiger partial charge >= 0.3 is 0 Å². The van der Waals surface area contributed by atoms with Gasteiger partial charge in [0.25, 0.3) is 5.91 Å². The predicted octanol–water partition coefficient (Wildman–Crippen LogP) is 0.219. The normalized spacial score (nSPS) is 10.2. The van der Waals surface area contributed by atoms with Crippen LogP contribution in [0.15, 0.2) is 16.9 Å². The number of aromatic amines is 1. The lowest BCUT2D eigenvalue weighted by Crippen LogP contribution is -2.31. The summed E-state index contributed by atoms with van der Waals surface area (Å²) in [7, 11) is 0. The minimum absolute atomic E-state index is 0.0504. The number of aromatic hydroxyl groups is 1. The largest absolute Gasteiger partial charge is 0.506 e. The molecule has 1 aromatic heterocycles. The van der Waals surface area contributed by atoms with Crippen molar-refractivity contribution in [1.82, 2.24) is 10.3 Å². The maximum Gasteiger partial charge on any atom is 0.271 e. The maximum atomic E-state index is 11.4. The predicted molar refractivity (Wildman–Crippen MR) is 51.3 cm³/mol. The number of carbonyl (C=O) groups is 1. The highest BCUT2D eigenvalue weighted by atomic mass is 16.3. The molecule has 76 valence electrons. The van der Waals surface area contributed by atoms with Crippen LogP contribution in [-0.2, 0) is 0 Å². The van der Waals surface area contributed by atoms with E-state index < -0.39 is 11.5 Å². The quantitative estimate of drug-likeness (QED) is 0.632. The van der Waals surface area contributed by atoms with E-state index >= 15 is 0 Å². The van der Waals surface area contributed by atoms with Crippen LogP contribution in [0.2, 0.25) is 0 Å². The summed E-state index contributed by atoms with van der Waals surface area (Å²) in [5, 5.41) is 11.8. The number of amides is 1. The van der Waals surface area contributed by atoms with Crippen LogP contribution < -0.4 is 10.9 Å². The van der Waals surface area contributed by atoms with Crippen LogP contribution in [-0.4, -0.2) is 22.0 Å². The second-order valence-electron chi connectivity index (χ2n) is 3.21. The number of aromatic nitrogens is 1. The average Bonchev–Trinajstić information content (AvgIpc) is 2.08. The van der Waals surface area contributed by atoms with Gasteiger partial charge in [0.05, 0.1) is 0 Å². The van der Waals surface area contributed by atoms with Crippen molar-refractivity contribution in [2.45, 2.75) is 19.9 Å². The maximum absolute atomic E-state index is 11.4. The van der Waals surface area contributed by atoms with Crippen LogP contribution in [0.25, 0.3) is 0 Å². The summed E-state index contributed by atoms with van der Waals surface area (Å²) in [5.74, 6) is -0.724. The Hall–Kier alpha value is -1.78. The first kappa shape index (κ1) is 10.3. The zero-order valence-corrected chi connectivity index (χ0v) is 8.00. The number of hydrogen-bond acceptors (Lipinski definition) is 3. The fraction of sp³-hybridized carbons (Fsp3) is 0.333. The van der Waals surface area contributed by atoms with Crippen LogP contribution in [0.3, 0.4) is 0 Å². The highest BCUT2D eigenvalue weighted by Crippen LogP contribution is 2.10. The lowest BCUT2D eigenvalue weighted by molar-refractivity contribution is 0.0935. The fourth-order valence-corrected chi connectivity index (χ4v) is 0.974. The highest BCUT2D eigenvalue weighted by Gasteiger charge is 2.12. The molecule has 0 aromatic carbocycles. The number of carbonyl (C=O) groups excluding carboxylic acids is 1. The third-order valence-corrected chi connectivity index (χ3v) is 1.54. The Morgan fingerprint density at radius 2 is 2.14 bits per heavy atom. The molecule has 0 saturated heterocycles. The molecule has 0 unspecified atom stereocenters. The first-order valence-corrected chi connectivity index (χ1v) is 4.24. The van der Waals surface area contributed by atoms with Gasteiger partial charge in [-0.25, -0.2) is 0 Å². The monoisotopic (exact) mass is 196 g/mol. The second kappa shape index (κ2) is 3.95. The summed E-state index contributed by atoms with van der Waals surface area (Å²) in [6.45, 7) is 3.58. The molecule has 3 N–H and O–H groups in total. The highest BCUT2D eigenvalue weighted by molar-refractivity contribution is 5.94. The van der Waals surface area contributed by atoms with Gasteiger partial charge in [0.1, 0.15) is 11.4 Å². The molecule has 5 nitrogen and oxygen atoms in total. The van der Waals surface area contributed by atoms with Gasteiger partial charge in [0.15, 0.2) is 0 Å². The van der Waals surface area contributed by atoms with Gasteiger partial charge in [0, 0.05) is 12.1 Å². The zero-order valence-electron chi connectivity index (χ0n) is 8.00. The lowest BCUT2D eigenvalue weighted by atomic mass is 10.3. The SMILES string of the molecule is CC(C)NC(=O)c1[nH]c(=O)ccc1O. The zero-order chi connectivity index (χ0) is 10.7. The standard InChI is InChI=1S/C9H12N2O3/c1-5(2)10-9(14)8-6(12)3-4-7(13)11-8/h3-5,12H,1-2H3,(H,10,14)(H,11,13). The molecule has 0 fully saturated rings. The van der Waals surface area contributed by atoms with Crippen molar-refractivity contribution in [1.29, 1.82) is 0 Å². The number of H-pyrrole nitrogens is 1. The van der Waals surface area contributed by atoms with Crippen molar-refractivity contribution in [3.05, 3.63) is 28.2 Å². The number of nitrogens with one attached hydrogen (secondary N) is 2. The third-order valence-electron chi connectivity index (χ3n) is 1.54. The summed E-state index contributed by atoms with van der Waals surface area (Å²) in [5.41, 5.74) is -0.525. The Morgan fingerprint density at radius 3 is 2.71 bits per heavy atom. The summed E-state index contributed by atoms with van der Waals surface area (Å²) >= 11 is 0. The first-order valence-electron chi connectivity index (χ1n) is 4.24. The van der Waals surface area contributed by atoms with E-state index in [1.807, 2.05) is 0 Å². The minimum Gasteiger partial charge on any atom is -0.506 e. The van der Waals surface area contributed by atoms with Gasteiger partial charge in [-0.2, -0.15) is 0 Å². The van der Waals surface area contributed by atoms with Gasteiger partial charge in [-0.05, 0) is 19.9 Å². The van der Waals surface area contributed by atoms with E-state index in [4.69, 9.17) is 0 Å². The van der Waals surface area contributed by atoms with Crippen molar-refractivity contribution < 1.29 is 9.90 Å². The van der Waals surface area contributed by atoms with Crippen molar-refractivity contribution in [2.75, 3.05) is 0 Å². The molecule has 0 saturated carbocycles. The number of pyridine rings is 1. The Kier molecular flexibility index (Phi) is 2.91. The van der Waals surface area contributed by atoms with Crippen LogP contribution in [0.4, 0.5) is 0 Å². The van der Waals surface area contributed by atoms with E-state index in [1.165, 1.54) is 6.07 Å². The molecule has 1 heterocycles. The van der Waals surface area contributed by atoms with Crippen molar-refractivity contribution in [3.63, 3.8) is 0 Å². The van der Waals surface area contributed by atoms with E-state index in [2.05, 4.69) is 10.3 Å². The van der Waals surface area contributed by atoms with Crippen molar-refractivity contribution >= 4 is 5.91 Å². The molecule has 0 aliphatic carbocycles. The molecule has 5 heteroatoms. The van der Waals surface area contributed by atoms with Crippen LogP contribution in [0, 0.1) is 0 Å². The van der Waals surface area contributed by atoms with Gasteiger partial charge in [-0.15, -0.1) is 0 Å². The van der Waals surface area contributed by atoms with Crippen LogP contribution in [0.5, 0.6) is 5.75 Å². The summed E-state index contributed by atoms with van der Waals surface area (Å²) in [4.78, 5) is 24.5. The van der Waals surface area contributed by atoms with Crippen molar-refractivity contribution in [3.8, 4) is 5.75 Å². The van der Waals surface area contributed by atoms with Gasteiger partial charge in [-0.1, -0.05) is 0 Å². The van der Waals surface area contributed by atoms with E-state index in [9.17, 15) is 14.7 Å². The Morgan fingerprint density at radius 1 is 1.50 bits per heavy atom. The molecule has 0 radical (unpaired) electrons. The van der Waals surface area contributed by atoms with Crippen LogP contribution >= 0.6 is 0 Å². The summed E-state index contributed by atoms with van der Waals surface area (Å²) in [6.07, 6.45) is 0. The Bertz CT molecular complexity index is 395. The van der Waals surface area contributed by atoms with E-state index in [1.54, 1.807) is 13.8 Å². The summed E-state index contributed by atoms with van der Waals surface area (Å²) in [6, 6.07) is 2.29. The second-order valence-corrected chi connectivity index (χ2v) is 3.21. The fourth-order valence-electron chi connectivity index (χ4n) is 0.974. The topological polar surface area (TPSA) is 82.2 Å². The number of rotatable bonds is 2. The molecule has 0 aliphatic heterocycles. The number of hydrogen-bond donors (Lipinski definition) is 3. The Labute approximate surface area is 80.8 Å². The molecule has 0 spiro atoms. The molecule has 0 bridgehead atoms. The molecule has 1 rings (SSSR count). The molecular weight excluding hydrogens is 184 g/mol. The van der Waals surface area contributed by atoms with Gasteiger partial charge in [-0.3, -0.25) is 9.59 Å². The summed E-state index contributed by atoms with van der Waals surface area (Å²) < 4.78 is 0. The smallest absolute Gasteiger partial charge is 0.271 e. The minimum atomic E-state index is -0.491. The van der Waals surface area contributed by atoms with Crippen molar-refractivity contribution in [2.24, 2.45) is 0 Å². The first-order chi connectivity index (χ1) is 6.50. The van der Waals surface area contributed by atoms with Gasteiger partial charge in [0.2, 0.25) is 5.56 Å². The van der Waals surface area contributed by atoms with E-state index in [-0.39, 0.29) is 17.5 Å². The Balaban J connectivity index is 3.00. The molecule has 14 heavy (non-hydrogen) atoms. The van der Waals surface area contributed by atoms with Gasteiger partial charge < -0.3 is 15.4 Å².